The largest absolute Gasteiger partial charge is 0.317 e. The molecule has 2 aliphatic rings. The molecule has 0 aromatic carbocycles. The third-order valence-electron chi connectivity index (χ3n) is 4.03. The Kier molecular flexibility index (Phi) is 10.8. The summed E-state index contributed by atoms with van der Waals surface area (Å²) >= 11 is 0. The molecule has 2 fully saturated rings. The molecular formula is C16H36N2. The predicted octanol–water partition coefficient (Wildman–Crippen LogP) is 3.91. The van der Waals surface area contributed by atoms with Crippen molar-refractivity contribution in [2.45, 2.75) is 66.7 Å². The maximum absolute atomic E-state index is 3.47. The molecule has 0 bridgehead atoms. The van der Waals surface area contributed by atoms with Crippen LogP contribution < -0.4 is 5.32 Å². The lowest BCUT2D eigenvalue weighted by Gasteiger charge is -2.44. The van der Waals surface area contributed by atoms with Gasteiger partial charge in [0, 0.05) is 0 Å². The lowest BCUT2D eigenvalue weighted by Crippen LogP contribution is -2.45. The Hall–Kier alpha value is -0.0800. The van der Waals surface area contributed by atoms with E-state index in [1.807, 2.05) is 13.8 Å². The van der Waals surface area contributed by atoms with E-state index in [1.165, 1.54) is 64.8 Å². The zero-order valence-electron chi connectivity index (χ0n) is 13.5. The monoisotopic (exact) mass is 256 g/mol. The van der Waals surface area contributed by atoms with Crippen molar-refractivity contribution in [1.29, 1.82) is 0 Å². The van der Waals surface area contributed by atoms with E-state index in [0.717, 1.165) is 5.41 Å². The topological polar surface area (TPSA) is 15.3 Å². The molecular weight excluding hydrogens is 220 g/mol. The zero-order valence-corrected chi connectivity index (χ0v) is 13.5. The second kappa shape index (κ2) is 10.8. The lowest BCUT2D eigenvalue weighted by molar-refractivity contribution is 0.0770. The van der Waals surface area contributed by atoms with Gasteiger partial charge in [-0.05, 0) is 63.8 Å². The summed E-state index contributed by atoms with van der Waals surface area (Å²) in [6.45, 7) is 17.0. The van der Waals surface area contributed by atoms with E-state index in [1.54, 1.807) is 0 Å². The first-order valence-corrected chi connectivity index (χ1v) is 8.19. The maximum Gasteiger partial charge on any atom is -0.00135 e. The van der Waals surface area contributed by atoms with Crippen LogP contribution in [0, 0.1) is 5.41 Å². The second-order valence-corrected chi connectivity index (χ2v) is 5.39. The van der Waals surface area contributed by atoms with Crippen LogP contribution in [0.15, 0.2) is 0 Å². The van der Waals surface area contributed by atoms with Crippen molar-refractivity contribution in [2.24, 2.45) is 5.41 Å². The third kappa shape index (κ3) is 6.19. The highest BCUT2D eigenvalue weighted by atomic mass is 15.1. The van der Waals surface area contributed by atoms with Gasteiger partial charge in [0.1, 0.15) is 0 Å². The van der Waals surface area contributed by atoms with Gasteiger partial charge in [-0.3, -0.25) is 0 Å². The Morgan fingerprint density at radius 1 is 0.889 bits per heavy atom. The van der Waals surface area contributed by atoms with E-state index in [0.29, 0.717) is 0 Å². The summed E-state index contributed by atoms with van der Waals surface area (Å²) in [4.78, 5) is 2.59. The van der Waals surface area contributed by atoms with Crippen LogP contribution in [0.3, 0.4) is 0 Å². The first kappa shape index (κ1) is 17.9. The molecule has 0 unspecified atom stereocenters. The molecule has 0 atom stereocenters. The molecule has 2 rings (SSSR count). The Bertz CT molecular complexity index is 164. The molecule has 0 aromatic rings. The summed E-state index contributed by atoms with van der Waals surface area (Å²) in [6.07, 6.45) is 6.99. The number of nitrogens with zero attached hydrogens (tertiary/aromatic N) is 1. The van der Waals surface area contributed by atoms with Crippen LogP contribution >= 0.6 is 0 Å². The Morgan fingerprint density at radius 3 is 1.72 bits per heavy atom. The van der Waals surface area contributed by atoms with Crippen LogP contribution in [-0.4, -0.2) is 37.6 Å². The third-order valence-corrected chi connectivity index (χ3v) is 4.03. The van der Waals surface area contributed by atoms with E-state index in [2.05, 4.69) is 31.0 Å². The molecule has 0 radical (unpaired) electrons. The van der Waals surface area contributed by atoms with Crippen LogP contribution in [0.1, 0.15) is 66.7 Å². The summed E-state index contributed by atoms with van der Waals surface area (Å²) in [6, 6.07) is 0. The number of nitrogens with one attached hydrogen (secondary N) is 1. The first-order valence-electron chi connectivity index (χ1n) is 8.19. The van der Waals surface area contributed by atoms with Gasteiger partial charge in [0.2, 0.25) is 0 Å². The highest BCUT2D eigenvalue weighted by Gasteiger charge is 2.34. The van der Waals surface area contributed by atoms with E-state index in [9.17, 15) is 0 Å². The zero-order chi connectivity index (χ0) is 13.9. The van der Waals surface area contributed by atoms with Gasteiger partial charge in [-0.25, -0.2) is 0 Å². The molecule has 2 nitrogen and oxygen atoms in total. The molecule has 0 saturated carbocycles. The molecule has 0 aromatic heterocycles. The van der Waals surface area contributed by atoms with Gasteiger partial charge in [0.15, 0.2) is 0 Å². The Balaban J connectivity index is 0.000000509. The van der Waals surface area contributed by atoms with Crippen LogP contribution in [0.4, 0.5) is 0 Å². The summed E-state index contributed by atoms with van der Waals surface area (Å²) in [7, 11) is 0. The number of likely N-dealkylation sites (tertiary alicyclic amines) is 1. The van der Waals surface area contributed by atoms with Crippen molar-refractivity contribution in [3.05, 3.63) is 0 Å². The normalized spacial score (nSPS) is 22.5. The number of rotatable bonds is 1. The number of hydrogen-bond donors (Lipinski definition) is 1. The van der Waals surface area contributed by atoms with Crippen LogP contribution in [0.5, 0.6) is 0 Å². The lowest BCUT2D eigenvalue weighted by atomic mass is 9.71. The molecule has 1 spiro atoms. The van der Waals surface area contributed by atoms with Crippen LogP contribution in [0.25, 0.3) is 0 Å². The highest BCUT2D eigenvalue weighted by Crippen LogP contribution is 2.39. The van der Waals surface area contributed by atoms with E-state index >= 15 is 0 Å². The molecule has 2 saturated heterocycles. The summed E-state index contributed by atoms with van der Waals surface area (Å²) in [5.74, 6) is 0. The number of piperidine rings is 2. The van der Waals surface area contributed by atoms with Crippen molar-refractivity contribution >= 4 is 0 Å². The van der Waals surface area contributed by atoms with Gasteiger partial charge in [0.25, 0.3) is 0 Å². The van der Waals surface area contributed by atoms with E-state index in [4.69, 9.17) is 0 Å². The van der Waals surface area contributed by atoms with Gasteiger partial charge in [-0.2, -0.15) is 0 Å². The molecule has 2 heteroatoms. The van der Waals surface area contributed by atoms with Gasteiger partial charge in [0.05, 0.1) is 0 Å². The predicted molar refractivity (Wildman–Crippen MR) is 83.2 cm³/mol. The fourth-order valence-corrected chi connectivity index (χ4v) is 2.80. The highest BCUT2D eigenvalue weighted by molar-refractivity contribution is 4.89. The molecule has 2 aliphatic heterocycles. The van der Waals surface area contributed by atoms with Gasteiger partial charge in [-0.1, -0.05) is 41.0 Å². The molecule has 18 heavy (non-hydrogen) atoms. The Labute approximate surface area is 116 Å². The quantitative estimate of drug-likeness (QED) is 0.765. The van der Waals surface area contributed by atoms with Crippen molar-refractivity contribution in [2.75, 3.05) is 32.7 Å². The van der Waals surface area contributed by atoms with Crippen molar-refractivity contribution < 1.29 is 0 Å². The maximum atomic E-state index is 3.47. The van der Waals surface area contributed by atoms with Crippen LogP contribution in [0.2, 0.25) is 0 Å². The first-order chi connectivity index (χ1) is 8.76. The van der Waals surface area contributed by atoms with Crippen molar-refractivity contribution in [1.82, 2.24) is 10.2 Å². The standard InChI is InChI=1S/C11H22N2.C3H8.C2H6/c1-2-13-9-5-11(6-10-13)3-7-12-8-4-11;1-3-2;1-2/h12H,2-10H2,1H3;3H2,1-2H3;1-2H3. The summed E-state index contributed by atoms with van der Waals surface area (Å²) in [5.41, 5.74) is 0.733. The molecule has 0 amide bonds. The van der Waals surface area contributed by atoms with Gasteiger partial charge in [-0.15, -0.1) is 0 Å². The SMILES string of the molecule is CC.CCC.CCN1CCC2(CCNCC2)CC1. The molecule has 2 heterocycles. The van der Waals surface area contributed by atoms with Gasteiger partial charge >= 0.3 is 0 Å². The minimum Gasteiger partial charge on any atom is -0.317 e. The van der Waals surface area contributed by atoms with Crippen molar-refractivity contribution in [3.8, 4) is 0 Å². The second-order valence-electron chi connectivity index (χ2n) is 5.39. The minimum absolute atomic E-state index is 0.733. The van der Waals surface area contributed by atoms with Crippen molar-refractivity contribution in [3.63, 3.8) is 0 Å². The molecule has 0 aliphatic carbocycles. The smallest absolute Gasteiger partial charge is 0.00135 e. The average Bonchev–Trinajstić information content (AvgIpc) is 2.44. The van der Waals surface area contributed by atoms with Crippen LogP contribution in [-0.2, 0) is 0 Å². The fourth-order valence-electron chi connectivity index (χ4n) is 2.80. The fraction of sp³-hybridized carbons (Fsp3) is 1.00. The average molecular weight is 256 g/mol. The minimum atomic E-state index is 0.733. The summed E-state index contributed by atoms with van der Waals surface area (Å²) in [5, 5.41) is 3.47. The Morgan fingerprint density at radius 2 is 1.33 bits per heavy atom. The van der Waals surface area contributed by atoms with Gasteiger partial charge < -0.3 is 10.2 Å². The summed E-state index contributed by atoms with van der Waals surface area (Å²) < 4.78 is 0. The number of hydrogen-bond acceptors (Lipinski definition) is 2. The van der Waals surface area contributed by atoms with E-state index < -0.39 is 0 Å². The van der Waals surface area contributed by atoms with E-state index in [-0.39, 0.29) is 0 Å². The molecule has 1 N–H and O–H groups in total. The molecule has 110 valence electrons.